The average molecular weight is 403 g/mol. The van der Waals surface area contributed by atoms with E-state index in [2.05, 4.69) is 39.6 Å². The van der Waals surface area contributed by atoms with Gasteiger partial charge in [0.1, 0.15) is 5.60 Å². The predicted octanol–water partition coefficient (Wildman–Crippen LogP) is 4.64. The highest BCUT2D eigenvalue weighted by atomic mass is 79.9. The summed E-state index contributed by atoms with van der Waals surface area (Å²) in [6.07, 6.45) is 1.97. The zero-order chi connectivity index (χ0) is 17.1. The van der Waals surface area contributed by atoms with Gasteiger partial charge in [0.15, 0.2) is 0 Å². The zero-order valence-corrected chi connectivity index (χ0v) is 16.8. The predicted molar refractivity (Wildman–Crippen MR) is 98.9 cm³/mol. The van der Waals surface area contributed by atoms with E-state index in [4.69, 9.17) is 4.74 Å². The average Bonchev–Trinajstić information content (AvgIpc) is 2.82. The third-order valence-electron chi connectivity index (χ3n) is 3.96. The van der Waals surface area contributed by atoms with Crippen molar-refractivity contribution in [3.05, 3.63) is 20.8 Å². The molecule has 2 rings (SSSR count). The number of amides is 1. The molecule has 1 aliphatic heterocycles. The maximum absolute atomic E-state index is 12.3. The van der Waals surface area contributed by atoms with Crippen molar-refractivity contribution < 1.29 is 9.53 Å². The Balaban J connectivity index is 1.86. The van der Waals surface area contributed by atoms with Crippen molar-refractivity contribution >= 4 is 33.4 Å². The standard InChI is InChI=1S/C17H27BrN2O2S/c1-16(2,3)22-15(21)20-8-5-7-17(4,12-20)11-19-10-14-13(18)6-9-23-14/h6,9,19H,5,7-8,10-12H2,1-4H3. The molecule has 6 heteroatoms. The lowest BCUT2D eigenvalue weighted by molar-refractivity contribution is 0.00676. The molecule has 0 aromatic carbocycles. The van der Waals surface area contributed by atoms with Crippen LogP contribution < -0.4 is 5.32 Å². The molecule has 130 valence electrons. The molecule has 1 amide bonds. The van der Waals surface area contributed by atoms with Crippen LogP contribution in [0.2, 0.25) is 0 Å². The van der Waals surface area contributed by atoms with Gasteiger partial charge >= 0.3 is 6.09 Å². The Morgan fingerprint density at radius 1 is 1.52 bits per heavy atom. The molecular formula is C17H27BrN2O2S. The van der Waals surface area contributed by atoms with Crippen LogP contribution in [0.1, 0.15) is 45.4 Å². The van der Waals surface area contributed by atoms with Gasteiger partial charge in [-0.1, -0.05) is 6.92 Å². The number of carbonyl (C=O) groups excluding carboxylic acids is 1. The Labute approximate surface area is 151 Å². The third-order valence-corrected chi connectivity index (χ3v) is 5.89. The second-order valence-corrected chi connectivity index (χ2v) is 9.47. The van der Waals surface area contributed by atoms with Crippen LogP contribution in [0.3, 0.4) is 0 Å². The van der Waals surface area contributed by atoms with Gasteiger partial charge in [-0.05, 0) is 66.4 Å². The Morgan fingerprint density at radius 3 is 2.87 bits per heavy atom. The van der Waals surface area contributed by atoms with Gasteiger partial charge in [0.25, 0.3) is 0 Å². The zero-order valence-electron chi connectivity index (χ0n) is 14.4. The third kappa shape index (κ3) is 5.76. The first-order valence-electron chi connectivity index (χ1n) is 8.09. The molecule has 0 aliphatic carbocycles. The molecule has 0 saturated carbocycles. The summed E-state index contributed by atoms with van der Waals surface area (Å²) in [6.45, 7) is 11.3. The van der Waals surface area contributed by atoms with Gasteiger partial charge in [0.05, 0.1) is 0 Å². The number of thiophene rings is 1. The number of rotatable bonds is 4. The SMILES string of the molecule is CC1(CNCc2sccc2Br)CCCN(C(=O)OC(C)(C)C)C1. The van der Waals surface area contributed by atoms with Crippen LogP contribution in [-0.2, 0) is 11.3 Å². The van der Waals surface area contributed by atoms with Crippen LogP contribution in [0.25, 0.3) is 0 Å². The number of ether oxygens (including phenoxy) is 1. The maximum Gasteiger partial charge on any atom is 0.410 e. The van der Waals surface area contributed by atoms with E-state index in [1.807, 2.05) is 25.7 Å². The summed E-state index contributed by atoms with van der Waals surface area (Å²) in [5, 5.41) is 5.64. The molecule has 0 bridgehead atoms. The molecule has 1 saturated heterocycles. The normalized spacial score (nSPS) is 22.2. The molecule has 1 atom stereocenters. The van der Waals surface area contributed by atoms with Crippen LogP contribution in [0.4, 0.5) is 4.79 Å². The fourth-order valence-electron chi connectivity index (χ4n) is 2.87. The highest BCUT2D eigenvalue weighted by molar-refractivity contribution is 9.10. The van der Waals surface area contributed by atoms with Crippen LogP contribution >= 0.6 is 27.3 Å². The van der Waals surface area contributed by atoms with Crippen molar-refractivity contribution in [3.8, 4) is 0 Å². The number of carbonyl (C=O) groups is 1. The topological polar surface area (TPSA) is 41.6 Å². The fraction of sp³-hybridized carbons (Fsp3) is 0.706. The molecule has 1 aromatic heterocycles. The van der Waals surface area contributed by atoms with E-state index in [9.17, 15) is 4.79 Å². The lowest BCUT2D eigenvalue weighted by Crippen LogP contribution is -2.50. The van der Waals surface area contributed by atoms with E-state index in [0.717, 1.165) is 39.0 Å². The summed E-state index contributed by atoms with van der Waals surface area (Å²) in [5.74, 6) is 0. The van der Waals surface area contributed by atoms with Gasteiger partial charge in [-0.15, -0.1) is 11.3 Å². The molecule has 23 heavy (non-hydrogen) atoms. The molecule has 4 nitrogen and oxygen atoms in total. The summed E-state index contributed by atoms with van der Waals surface area (Å²) >= 11 is 5.32. The van der Waals surface area contributed by atoms with E-state index in [-0.39, 0.29) is 11.5 Å². The quantitative estimate of drug-likeness (QED) is 0.797. The number of hydrogen-bond acceptors (Lipinski definition) is 4. The van der Waals surface area contributed by atoms with Gasteiger partial charge in [0, 0.05) is 35.5 Å². The number of hydrogen-bond donors (Lipinski definition) is 1. The maximum atomic E-state index is 12.3. The first-order chi connectivity index (χ1) is 10.7. The molecule has 0 spiro atoms. The summed E-state index contributed by atoms with van der Waals surface area (Å²) < 4.78 is 6.68. The Bertz CT molecular complexity index is 541. The minimum atomic E-state index is -0.436. The van der Waals surface area contributed by atoms with Gasteiger partial charge in [0.2, 0.25) is 0 Å². The molecule has 1 aromatic rings. The van der Waals surface area contributed by atoms with Gasteiger partial charge < -0.3 is 15.0 Å². The van der Waals surface area contributed by atoms with Crippen molar-refractivity contribution in [3.63, 3.8) is 0 Å². The molecule has 1 unspecified atom stereocenters. The highest BCUT2D eigenvalue weighted by Crippen LogP contribution is 2.30. The summed E-state index contributed by atoms with van der Waals surface area (Å²) in [5.41, 5.74) is -0.340. The van der Waals surface area contributed by atoms with Crippen LogP contribution in [0, 0.1) is 5.41 Å². The van der Waals surface area contributed by atoms with Crippen LogP contribution in [0.15, 0.2) is 15.9 Å². The van der Waals surface area contributed by atoms with Crippen LogP contribution in [-0.4, -0.2) is 36.2 Å². The van der Waals surface area contributed by atoms with Crippen molar-refractivity contribution in [2.45, 2.75) is 52.7 Å². The van der Waals surface area contributed by atoms with Gasteiger partial charge in [-0.3, -0.25) is 0 Å². The lowest BCUT2D eigenvalue weighted by Gasteiger charge is -2.41. The molecular weight excluding hydrogens is 376 g/mol. The van der Waals surface area contributed by atoms with Crippen molar-refractivity contribution in [2.75, 3.05) is 19.6 Å². The molecule has 1 fully saturated rings. The van der Waals surface area contributed by atoms with Crippen molar-refractivity contribution in [2.24, 2.45) is 5.41 Å². The number of likely N-dealkylation sites (tertiary alicyclic amines) is 1. The summed E-state index contributed by atoms with van der Waals surface area (Å²) in [4.78, 5) is 15.5. The minimum absolute atomic E-state index is 0.0961. The minimum Gasteiger partial charge on any atom is -0.444 e. The number of nitrogens with one attached hydrogen (secondary N) is 1. The first-order valence-corrected chi connectivity index (χ1v) is 9.76. The monoisotopic (exact) mass is 402 g/mol. The number of piperidine rings is 1. The second kappa shape index (κ2) is 7.53. The Morgan fingerprint density at radius 2 is 2.26 bits per heavy atom. The lowest BCUT2D eigenvalue weighted by atomic mass is 9.82. The molecule has 2 heterocycles. The van der Waals surface area contributed by atoms with Gasteiger partial charge in [-0.25, -0.2) is 4.79 Å². The van der Waals surface area contributed by atoms with E-state index >= 15 is 0 Å². The Hall–Kier alpha value is -0.590. The largest absolute Gasteiger partial charge is 0.444 e. The smallest absolute Gasteiger partial charge is 0.410 e. The van der Waals surface area contributed by atoms with Crippen LogP contribution in [0.5, 0.6) is 0 Å². The summed E-state index contributed by atoms with van der Waals surface area (Å²) in [6, 6.07) is 2.08. The molecule has 1 N–H and O–H groups in total. The van der Waals surface area contributed by atoms with E-state index in [1.165, 1.54) is 9.35 Å². The fourth-order valence-corrected chi connectivity index (χ4v) is 4.33. The molecule has 0 radical (unpaired) electrons. The van der Waals surface area contributed by atoms with Gasteiger partial charge in [-0.2, -0.15) is 0 Å². The first kappa shape index (κ1) is 18.7. The van der Waals surface area contributed by atoms with E-state index < -0.39 is 5.60 Å². The molecule has 1 aliphatic rings. The van der Waals surface area contributed by atoms with E-state index in [1.54, 1.807) is 11.3 Å². The van der Waals surface area contributed by atoms with Crippen molar-refractivity contribution in [1.82, 2.24) is 10.2 Å². The number of halogens is 1. The Kier molecular flexibility index (Phi) is 6.14. The number of nitrogens with zero attached hydrogens (tertiary/aromatic N) is 1. The van der Waals surface area contributed by atoms with Crippen molar-refractivity contribution in [1.29, 1.82) is 0 Å². The highest BCUT2D eigenvalue weighted by Gasteiger charge is 2.34. The second-order valence-electron chi connectivity index (χ2n) is 7.61. The van der Waals surface area contributed by atoms with E-state index in [0.29, 0.717) is 0 Å². The summed E-state index contributed by atoms with van der Waals surface area (Å²) in [7, 11) is 0.